The molecule has 0 heterocycles. The highest BCUT2D eigenvalue weighted by atomic mass is 16.6. The van der Waals surface area contributed by atoms with Gasteiger partial charge in [0.15, 0.2) is 0 Å². The van der Waals surface area contributed by atoms with Gasteiger partial charge in [0.25, 0.3) is 0 Å². The van der Waals surface area contributed by atoms with E-state index in [1.54, 1.807) is 13.8 Å². The van der Waals surface area contributed by atoms with Gasteiger partial charge in [-0.3, -0.25) is 20.2 Å². The molecule has 16 heavy (non-hydrogen) atoms. The average molecular weight is 230 g/mol. The molecule has 0 saturated carbocycles. The van der Waals surface area contributed by atoms with Crippen LogP contribution in [0.1, 0.15) is 13.8 Å². The van der Waals surface area contributed by atoms with Crippen molar-refractivity contribution in [3.8, 4) is 0 Å². The Bertz CT molecular complexity index is 292. The average Bonchev–Trinajstić information content (AvgIpc) is 2.21. The number of nitrogens with one attached hydrogen (secondary N) is 2. The molecule has 0 unspecified atom stereocenters. The van der Waals surface area contributed by atoms with E-state index in [0.29, 0.717) is 13.1 Å². The van der Waals surface area contributed by atoms with Crippen LogP contribution in [0, 0.1) is 20.2 Å². The van der Waals surface area contributed by atoms with Gasteiger partial charge < -0.3 is 10.6 Å². The van der Waals surface area contributed by atoms with Gasteiger partial charge in [0.1, 0.15) is 0 Å². The summed E-state index contributed by atoms with van der Waals surface area (Å²) < 4.78 is 0. The minimum Gasteiger partial charge on any atom is -0.385 e. The maximum Gasteiger partial charge on any atom is 0.363 e. The fourth-order valence-corrected chi connectivity index (χ4v) is 0.838. The predicted octanol–water partition coefficient (Wildman–Crippen LogP) is 0.442. The molecule has 90 valence electrons. The second-order valence-electron chi connectivity index (χ2n) is 2.69. The molecule has 0 aromatic heterocycles. The molecular formula is C8H14N4O4. The molecule has 0 aliphatic heterocycles. The lowest BCUT2D eigenvalue weighted by atomic mass is 10.3. The van der Waals surface area contributed by atoms with Gasteiger partial charge >= 0.3 is 11.4 Å². The Morgan fingerprint density at radius 1 is 1.00 bits per heavy atom. The molecule has 0 aromatic rings. The summed E-state index contributed by atoms with van der Waals surface area (Å²) in [6.45, 7) is 4.36. The highest BCUT2D eigenvalue weighted by Gasteiger charge is 2.28. The van der Waals surface area contributed by atoms with Gasteiger partial charge in [0.2, 0.25) is 0 Å². The minimum absolute atomic E-state index is 0.448. The molecule has 0 radical (unpaired) electrons. The maximum absolute atomic E-state index is 10.6. The van der Waals surface area contributed by atoms with Crippen LogP contribution in [-0.4, -0.2) is 22.9 Å². The molecule has 8 nitrogen and oxygen atoms in total. The lowest BCUT2D eigenvalue weighted by Gasteiger charge is -1.98. The van der Waals surface area contributed by atoms with E-state index in [-0.39, 0.29) is 0 Å². The van der Waals surface area contributed by atoms with Crippen LogP contribution >= 0.6 is 0 Å². The molecule has 0 fully saturated rings. The molecule has 2 N–H and O–H groups in total. The lowest BCUT2D eigenvalue weighted by Crippen LogP contribution is -2.17. The highest BCUT2D eigenvalue weighted by Crippen LogP contribution is 2.09. The summed E-state index contributed by atoms with van der Waals surface area (Å²) in [5.74, 6) is 0. The first kappa shape index (κ1) is 13.9. The van der Waals surface area contributed by atoms with Gasteiger partial charge in [-0.15, -0.1) is 0 Å². The number of hydrogen-bond acceptors (Lipinski definition) is 6. The number of hydrogen-bond donors (Lipinski definition) is 2. The normalized spacial score (nSPS) is 12.1. The van der Waals surface area contributed by atoms with Gasteiger partial charge in [-0.25, -0.2) is 0 Å². The summed E-state index contributed by atoms with van der Waals surface area (Å²) in [7, 11) is 0. The largest absolute Gasteiger partial charge is 0.385 e. The van der Waals surface area contributed by atoms with Crippen molar-refractivity contribution in [3.05, 3.63) is 44.0 Å². The van der Waals surface area contributed by atoms with Crippen LogP contribution in [0.2, 0.25) is 0 Å². The van der Waals surface area contributed by atoms with E-state index >= 15 is 0 Å². The Labute approximate surface area is 92.3 Å². The lowest BCUT2D eigenvalue weighted by molar-refractivity contribution is -0.480. The summed E-state index contributed by atoms with van der Waals surface area (Å²) in [6, 6.07) is 0. The Morgan fingerprint density at radius 3 is 1.50 bits per heavy atom. The first-order valence-electron chi connectivity index (χ1n) is 4.70. The van der Waals surface area contributed by atoms with Crippen molar-refractivity contribution in [2.75, 3.05) is 13.1 Å². The van der Waals surface area contributed by atoms with Crippen molar-refractivity contribution in [3.63, 3.8) is 0 Å². The van der Waals surface area contributed by atoms with E-state index in [4.69, 9.17) is 0 Å². The molecule has 0 saturated heterocycles. The molecule has 0 aliphatic carbocycles. The number of nitro groups is 2. The second-order valence-corrected chi connectivity index (χ2v) is 2.69. The molecule has 0 atom stereocenters. The van der Waals surface area contributed by atoms with Crippen molar-refractivity contribution < 1.29 is 9.85 Å². The topological polar surface area (TPSA) is 110 Å². The Kier molecular flexibility index (Phi) is 6.25. The Balaban J connectivity index is 5.11. The standard InChI is InChI=1S/C8H14N4O4/c1-3-9-5-7(11(13)14)8(12(15)16)6-10-4-2/h5-6,9-10H,3-4H2,1-2H3/b7-5-,8-6+. The summed E-state index contributed by atoms with van der Waals surface area (Å²) >= 11 is 0. The first-order chi connectivity index (χ1) is 7.54. The summed E-state index contributed by atoms with van der Waals surface area (Å²) in [4.78, 5) is 19.7. The number of rotatable bonds is 7. The third kappa shape index (κ3) is 4.40. The minimum atomic E-state index is -0.797. The fraction of sp³-hybridized carbons (Fsp3) is 0.500. The smallest absolute Gasteiger partial charge is 0.363 e. The van der Waals surface area contributed by atoms with Crippen LogP contribution in [0.15, 0.2) is 23.8 Å². The highest BCUT2D eigenvalue weighted by molar-refractivity contribution is 5.17. The molecule has 0 bridgehead atoms. The quantitative estimate of drug-likeness (QED) is 0.373. The maximum atomic E-state index is 10.6. The zero-order valence-electron chi connectivity index (χ0n) is 9.10. The third-order valence-corrected chi connectivity index (χ3v) is 1.54. The van der Waals surface area contributed by atoms with Crippen LogP contribution in [0.3, 0.4) is 0 Å². The first-order valence-corrected chi connectivity index (χ1v) is 4.70. The second kappa shape index (κ2) is 7.21. The van der Waals surface area contributed by atoms with Crippen LogP contribution in [0.5, 0.6) is 0 Å². The van der Waals surface area contributed by atoms with E-state index < -0.39 is 21.2 Å². The van der Waals surface area contributed by atoms with Crippen LogP contribution in [-0.2, 0) is 0 Å². The van der Waals surface area contributed by atoms with Gasteiger partial charge in [-0.05, 0) is 13.8 Å². The van der Waals surface area contributed by atoms with Crippen molar-refractivity contribution in [2.45, 2.75) is 13.8 Å². The van der Waals surface area contributed by atoms with Crippen molar-refractivity contribution in [1.29, 1.82) is 0 Å². The summed E-state index contributed by atoms with van der Waals surface area (Å²) in [5, 5.41) is 26.4. The third-order valence-electron chi connectivity index (χ3n) is 1.54. The molecule has 0 amide bonds. The molecular weight excluding hydrogens is 216 g/mol. The van der Waals surface area contributed by atoms with Gasteiger partial charge in [-0.2, -0.15) is 0 Å². The zero-order chi connectivity index (χ0) is 12.6. The molecule has 0 rings (SSSR count). The summed E-state index contributed by atoms with van der Waals surface area (Å²) in [6.07, 6.45) is 2.04. The Morgan fingerprint density at radius 2 is 1.31 bits per heavy atom. The molecule has 0 aromatic carbocycles. The SMILES string of the molecule is CCN/C=C(/C(=C\NCC)[N+](=O)[O-])[N+](=O)[O-]. The fourth-order valence-electron chi connectivity index (χ4n) is 0.838. The van der Waals surface area contributed by atoms with Crippen LogP contribution < -0.4 is 10.6 Å². The van der Waals surface area contributed by atoms with E-state index in [2.05, 4.69) is 10.6 Å². The molecule has 0 aliphatic rings. The Hall–Kier alpha value is -2.12. The molecule has 0 spiro atoms. The van der Waals surface area contributed by atoms with Gasteiger partial charge in [0, 0.05) is 13.1 Å². The van der Waals surface area contributed by atoms with E-state index in [9.17, 15) is 20.2 Å². The zero-order valence-corrected chi connectivity index (χ0v) is 9.10. The summed E-state index contributed by atoms with van der Waals surface area (Å²) in [5.41, 5.74) is -1.15. The van der Waals surface area contributed by atoms with Crippen molar-refractivity contribution in [1.82, 2.24) is 10.6 Å². The van der Waals surface area contributed by atoms with Crippen LogP contribution in [0.4, 0.5) is 0 Å². The number of nitrogens with zero attached hydrogens (tertiary/aromatic N) is 2. The van der Waals surface area contributed by atoms with E-state index in [1.807, 2.05) is 0 Å². The molecule has 8 heteroatoms. The van der Waals surface area contributed by atoms with E-state index in [1.165, 1.54) is 0 Å². The van der Waals surface area contributed by atoms with Gasteiger partial charge in [0.05, 0.1) is 22.2 Å². The van der Waals surface area contributed by atoms with E-state index in [0.717, 1.165) is 12.4 Å². The monoisotopic (exact) mass is 230 g/mol. The van der Waals surface area contributed by atoms with Gasteiger partial charge in [-0.1, -0.05) is 0 Å². The predicted molar refractivity (Wildman–Crippen MR) is 57.5 cm³/mol. The van der Waals surface area contributed by atoms with Crippen molar-refractivity contribution in [2.24, 2.45) is 0 Å². The van der Waals surface area contributed by atoms with Crippen molar-refractivity contribution >= 4 is 0 Å². The van der Waals surface area contributed by atoms with Crippen LogP contribution in [0.25, 0.3) is 0 Å².